The van der Waals surface area contributed by atoms with Crippen molar-refractivity contribution >= 4 is 6.09 Å². The first-order valence-corrected chi connectivity index (χ1v) is 5.35. The third kappa shape index (κ3) is 2.76. The third-order valence-electron chi connectivity index (χ3n) is 2.53. The van der Waals surface area contributed by atoms with Crippen LogP contribution in [0.1, 0.15) is 32.6 Å². The van der Waals surface area contributed by atoms with Gasteiger partial charge in [0.05, 0.1) is 12.6 Å². The van der Waals surface area contributed by atoms with Gasteiger partial charge in [0.15, 0.2) is 0 Å². The number of carbonyl (C=O) groups is 1. The van der Waals surface area contributed by atoms with Gasteiger partial charge in [-0.25, -0.2) is 4.79 Å². The maximum atomic E-state index is 11.5. The topological polar surface area (TPSA) is 29.5 Å². The monoisotopic (exact) mass is 197 g/mol. The van der Waals surface area contributed by atoms with Gasteiger partial charge in [0.1, 0.15) is 0 Å². The molecule has 0 bridgehead atoms. The van der Waals surface area contributed by atoms with Crippen LogP contribution in [0.3, 0.4) is 0 Å². The van der Waals surface area contributed by atoms with Crippen LogP contribution in [0.25, 0.3) is 0 Å². The van der Waals surface area contributed by atoms with E-state index in [2.05, 4.69) is 13.5 Å². The summed E-state index contributed by atoms with van der Waals surface area (Å²) < 4.78 is 5.14. The molecule has 3 nitrogen and oxygen atoms in total. The molecule has 0 aromatic rings. The van der Waals surface area contributed by atoms with E-state index < -0.39 is 0 Å². The Hall–Kier alpha value is -0.990. The summed E-state index contributed by atoms with van der Waals surface area (Å²) in [6.07, 6.45) is 5.72. The van der Waals surface area contributed by atoms with Crippen LogP contribution in [0.2, 0.25) is 0 Å². The average molecular weight is 197 g/mol. The van der Waals surface area contributed by atoms with E-state index in [0.717, 1.165) is 32.2 Å². The second-order valence-corrected chi connectivity index (χ2v) is 3.61. The molecule has 1 aliphatic rings. The Kier molecular flexibility index (Phi) is 4.50. The maximum Gasteiger partial charge on any atom is 0.410 e. The van der Waals surface area contributed by atoms with E-state index in [1.807, 2.05) is 6.08 Å². The van der Waals surface area contributed by atoms with Crippen molar-refractivity contribution in [3.63, 3.8) is 0 Å². The van der Waals surface area contributed by atoms with E-state index in [1.54, 1.807) is 4.90 Å². The van der Waals surface area contributed by atoms with Crippen molar-refractivity contribution in [1.29, 1.82) is 0 Å². The van der Waals surface area contributed by atoms with Gasteiger partial charge in [0.2, 0.25) is 0 Å². The minimum Gasteiger partial charge on any atom is -0.449 e. The molecular weight excluding hydrogens is 178 g/mol. The summed E-state index contributed by atoms with van der Waals surface area (Å²) in [7, 11) is 0. The number of likely N-dealkylation sites (tertiary alicyclic amines) is 1. The van der Waals surface area contributed by atoms with Crippen LogP contribution < -0.4 is 0 Å². The fourth-order valence-corrected chi connectivity index (χ4v) is 1.65. The van der Waals surface area contributed by atoms with Crippen molar-refractivity contribution in [1.82, 2.24) is 4.90 Å². The van der Waals surface area contributed by atoms with Crippen molar-refractivity contribution in [3.8, 4) is 0 Å². The molecule has 0 saturated carbocycles. The second-order valence-electron chi connectivity index (χ2n) is 3.61. The minimum absolute atomic E-state index is 0.180. The van der Waals surface area contributed by atoms with Gasteiger partial charge in [-0.1, -0.05) is 19.4 Å². The first-order chi connectivity index (χ1) is 6.79. The number of hydrogen-bond donors (Lipinski definition) is 0. The third-order valence-corrected chi connectivity index (χ3v) is 2.53. The molecule has 0 aromatic heterocycles. The first kappa shape index (κ1) is 11.1. The van der Waals surface area contributed by atoms with E-state index in [4.69, 9.17) is 4.74 Å². The fraction of sp³-hybridized carbons (Fsp3) is 0.727. The smallest absolute Gasteiger partial charge is 0.410 e. The normalized spacial score (nSPS) is 20.9. The summed E-state index contributed by atoms with van der Waals surface area (Å²) in [5.41, 5.74) is 0. The second kappa shape index (κ2) is 5.68. The van der Waals surface area contributed by atoms with Crippen molar-refractivity contribution in [3.05, 3.63) is 12.7 Å². The van der Waals surface area contributed by atoms with Crippen molar-refractivity contribution in [2.75, 3.05) is 13.2 Å². The quantitative estimate of drug-likeness (QED) is 0.512. The molecule has 3 heteroatoms. The Bertz CT molecular complexity index is 203. The largest absolute Gasteiger partial charge is 0.449 e. The molecular formula is C11H19NO2. The summed E-state index contributed by atoms with van der Waals surface area (Å²) in [5.74, 6) is 0. The molecule has 1 unspecified atom stereocenters. The zero-order valence-corrected chi connectivity index (χ0v) is 8.87. The summed E-state index contributed by atoms with van der Waals surface area (Å²) in [6.45, 7) is 7.15. The Morgan fingerprint density at radius 2 is 2.50 bits per heavy atom. The number of amides is 1. The van der Waals surface area contributed by atoms with Crippen molar-refractivity contribution in [2.24, 2.45) is 0 Å². The molecule has 1 amide bonds. The summed E-state index contributed by atoms with van der Waals surface area (Å²) in [6, 6.07) is 0.184. The highest BCUT2D eigenvalue weighted by atomic mass is 16.6. The fourth-order valence-electron chi connectivity index (χ4n) is 1.65. The SMILES string of the molecule is C=CC1CCCN1C(=O)OCCCC. The zero-order chi connectivity index (χ0) is 10.4. The van der Waals surface area contributed by atoms with Crippen LogP contribution in [0, 0.1) is 0 Å². The van der Waals surface area contributed by atoms with Crippen molar-refractivity contribution < 1.29 is 9.53 Å². The molecule has 1 atom stereocenters. The molecule has 0 aliphatic carbocycles. The standard InChI is InChI=1S/C11H19NO2/c1-3-5-9-14-11(13)12-8-6-7-10(12)4-2/h4,10H,2-3,5-9H2,1H3. The molecule has 0 aromatic carbocycles. The van der Waals surface area contributed by atoms with Gasteiger partial charge >= 0.3 is 6.09 Å². The van der Waals surface area contributed by atoms with Crippen LogP contribution in [0.4, 0.5) is 4.79 Å². The van der Waals surface area contributed by atoms with Gasteiger partial charge in [-0.15, -0.1) is 6.58 Å². The molecule has 0 radical (unpaired) electrons. The lowest BCUT2D eigenvalue weighted by atomic mass is 10.2. The van der Waals surface area contributed by atoms with Gasteiger partial charge in [-0.3, -0.25) is 0 Å². The highest BCUT2D eigenvalue weighted by molar-refractivity contribution is 5.68. The van der Waals surface area contributed by atoms with Gasteiger partial charge in [0.25, 0.3) is 0 Å². The van der Waals surface area contributed by atoms with E-state index >= 15 is 0 Å². The van der Waals surface area contributed by atoms with E-state index in [1.165, 1.54) is 0 Å². The number of rotatable bonds is 4. The molecule has 0 N–H and O–H groups in total. The maximum absolute atomic E-state index is 11.5. The number of carbonyl (C=O) groups excluding carboxylic acids is 1. The molecule has 1 saturated heterocycles. The zero-order valence-electron chi connectivity index (χ0n) is 8.87. The predicted molar refractivity (Wildman–Crippen MR) is 56.2 cm³/mol. The number of hydrogen-bond acceptors (Lipinski definition) is 2. The molecule has 1 heterocycles. The Morgan fingerprint density at radius 3 is 3.14 bits per heavy atom. The minimum atomic E-state index is -0.180. The molecule has 80 valence electrons. The summed E-state index contributed by atoms with van der Waals surface area (Å²) in [4.78, 5) is 13.3. The number of ether oxygens (including phenoxy) is 1. The molecule has 0 spiro atoms. The highest BCUT2D eigenvalue weighted by Crippen LogP contribution is 2.18. The van der Waals surface area contributed by atoms with Gasteiger partial charge in [-0.2, -0.15) is 0 Å². The predicted octanol–water partition coefficient (Wildman–Crippen LogP) is 2.57. The number of nitrogens with zero attached hydrogens (tertiary/aromatic N) is 1. The van der Waals surface area contributed by atoms with Crippen LogP contribution >= 0.6 is 0 Å². The Balaban J connectivity index is 2.32. The lowest BCUT2D eigenvalue weighted by Gasteiger charge is -2.21. The van der Waals surface area contributed by atoms with Crippen LogP contribution in [0.5, 0.6) is 0 Å². The highest BCUT2D eigenvalue weighted by Gasteiger charge is 2.27. The summed E-state index contributed by atoms with van der Waals surface area (Å²) >= 11 is 0. The van der Waals surface area contributed by atoms with E-state index in [0.29, 0.717) is 6.61 Å². The molecule has 1 aliphatic heterocycles. The lowest BCUT2D eigenvalue weighted by Crippen LogP contribution is -2.34. The van der Waals surface area contributed by atoms with Gasteiger partial charge in [0, 0.05) is 6.54 Å². The van der Waals surface area contributed by atoms with Crippen molar-refractivity contribution in [2.45, 2.75) is 38.6 Å². The Labute approximate surface area is 85.7 Å². The van der Waals surface area contributed by atoms with Crippen LogP contribution in [-0.4, -0.2) is 30.2 Å². The Morgan fingerprint density at radius 1 is 1.71 bits per heavy atom. The number of unbranched alkanes of at least 4 members (excludes halogenated alkanes) is 1. The van der Waals surface area contributed by atoms with Crippen LogP contribution in [-0.2, 0) is 4.74 Å². The molecule has 1 fully saturated rings. The van der Waals surface area contributed by atoms with E-state index in [-0.39, 0.29) is 12.1 Å². The first-order valence-electron chi connectivity index (χ1n) is 5.35. The molecule has 1 rings (SSSR count). The summed E-state index contributed by atoms with van der Waals surface area (Å²) in [5, 5.41) is 0. The molecule has 14 heavy (non-hydrogen) atoms. The van der Waals surface area contributed by atoms with Gasteiger partial charge < -0.3 is 9.64 Å². The van der Waals surface area contributed by atoms with Gasteiger partial charge in [-0.05, 0) is 19.3 Å². The van der Waals surface area contributed by atoms with E-state index in [9.17, 15) is 4.79 Å². The lowest BCUT2D eigenvalue weighted by molar-refractivity contribution is 0.102. The van der Waals surface area contributed by atoms with Crippen LogP contribution in [0.15, 0.2) is 12.7 Å². The average Bonchev–Trinajstić information content (AvgIpc) is 2.65.